The van der Waals surface area contributed by atoms with Crippen molar-refractivity contribution in [2.45, 2.75) is 39.2 Å². The number of benzene rings is 1. The van der Waals surface area contributed by atoms with Gasteiger partial charge in [0.2, 0.25) is 0 Å². The molecule has 1 atom stereocenters. The van der Waals surface area contributed by atoms with Crippen molar-refractivity contribution >= 4 is 0 Å². The summed E-state index contributed by atoms with van der Waals surface area (Å²) in [6.45, 7) is 4.49. The van der Waals surface area contributed by atoms with E-state index in [-0.39, 0.29) is 0 Å². The van der Waals surface area contributed by atoms with Crippen molar-refractivity contribution < 1.29 is 0 Å². The molecule has 0 bridgehead atoms. The largest absolute Gasteiger partial charge is 0.302 e. The van der Waals surface area contributed by atoms with E-state index in [1.54, 1.807) is 0 Å². The van der Waals surface area contributed by atoms with Crippen LogP contribution < -0.4 is 0 Å². The Morgan fingerprint density at radius 3 is 2.33 bits per heavy atom. The van der Waals surface area contributed by atoms with Gasteiger partial charge in [-0.25, -0.2) is 0 Å². The molecule has 0 aromatic heterocycles. The summed E-state index contributed by atoms with van der Waals surface area (Å²) >= 11 is 0. The van der Waals surface area contributed by atoms with Crippen molar-refractivity contribution in [3.63, 3.8) is 0 Å². The summed E-state index contributed by atoms with van der Waals surface area (Å²) in [6.07, 6.45) is 3.61. The first kappa shape index (κ1) is 12.3. The molecule has 1 aromatic rings. The molecule has 0 amide bonds. The predicted molar refractivity (Wildman–Crippen MR) is 67.2 cm³/mol. The van der Waals surface area contributed by atoms with Gasteiger partial charge in [-0.05, 0) is 38.1 Å². The fraction of sp³-hybridized carbons (Fsp3) is 0.571. The third-order valence-electron chi connectivity index (χ3n) is 2.98. The predicted octanol–water partition coefficient (Wildman–Crippen LogP) is 3.65. The highest BCUT2D eigenvalue weighted by molar-refractivity contribution is 5.30. The molecule has 0 aliphatic carbocycles. The van der Waals surface area contributed by atoms with Crippen molar-refractivity contribution in [1.82, 2.24) is 4.90 Å². The van der Waals surface area contributed by atoms with E-state index in [1.165, 1.54) is 24.0 Å². The van der Waals surface area contributed by atoms with Gasteiger partial charge in [-0.2, -0.15) is 0 Å². The second kappa shape index (κ2) is 5.92. The summed E-state index contributed by atoms with van der Waals surface area (Å²) in [5.74, 6) is 0. The first-order valence-electron chi connectivity index (χ1n) is 5.94. The van der Waals surface area contributed by atoms with E-state index in [2.05, 4.69) is 57.1 Å². The van der Waals surface area contributed by atoms with E-state index in [0.29, 0.717) is 6.04 Å². The van der Waals surface area contributed by atoms with Gasteiger partial charge in [-0.1, -0.05) is 44.5 Å². The van der Waals surface area contributed by atoms with Crippen molar-refractivity contribution in [2.24, 2.45) is 0 Å². The van der Waals surface area contributed by atoms with Gasteiger partial charge in [0.25, 0.3) is 0 Å². The average molecular weight is 205 g/mol. The number of rotatable bonds is 5. The van der Waals surface area contributed by atoms with E-state index < -0.39 is 0 Å². The van der Waals surface area contributed by atoms with Gasteiger partial charge in [0.15, 0.2) is 0 Å². The van der Waals surface area contributed by atoms with Crippen molar-refractivity contribution in [3.8, 4) is 0 Å². The highest BCUT2D eigenvalue weighted by Gasteiger charge is 2.15. The Labute approximate surface area is 94.1 Å². The van der Waals surface area contributed by atoms with Gasteiger partial charge in [-0.3, -0.25) is 0 Å². The van der Waals surface area contributed by atoms with Crippen LogP contribution in [0.25, 0.3) is 0 Å². The number of hydrogen-bond acceptors (Lipinski definition) is 1. The highest BCUT2D eigenvalue weighted by atomic mass is 15.1. The molecule has 84 valence electrons. The maximum absolute atomic E-state index is 2.33. The molecule has 0 radical (unpaired) electrons. The third-order valence-corrected chi connectivity index (χ3v) is 2.98. The second-order valence-electron chi connectivity index (χ2n) is 4.32. The van der Waals surface area contributed by atoms with E-state index >= 15 is 0 Å². The standard InChI is InChI=1S/C14H23N/c1-5-9-14(15(3)4)13-11-8-7-10-12(13)6-2/h7-8,10-11,14H,5-6,9H2,1-4H3. The van der Waals surface area contributed by atoms with Crippen molar-refractivity contribution in [2.75, 3.05) is 14.1 Å². The lowest BCUT2D eigenvalue weighted by Crippen LogP contribution is -2.20. The van der Waals surface area contributed by atoms with Crippen LogP contribution in [0, 0.1) is 0 Å². The summed E-state index contributed by atoms with van der Waals surface area (Å²) in [7, 11) is 4.35. The number of nitrogens with zero attached hydrogens (tertiary/aromatic N) is 1. The molecule has 1 unspecified atom stereocenters. The smallest absolute Gasteiger partial charge is 0.0344 e. The van der Waals surface area contributed by atoms with Gasteiger partial charge in [-0.15, -0.1) is 0 Å². The van der Waals surface area contributed by atoms with E-state index in [4.69, 9.17) is 0 Å². The summed E-state index contributed by atoms with van der Waals surface area (Å²) in [6, 6.07) is 9.40. The maximum atomic E-state index is 2.33. The Kier molecular flexibility index (Phi) is 4.83. The summed E-state index contributed by atoms with van der Waals surface area (Å²) in [5, 5.41) is 0. The lowest BCUT2D eigenvalue weighted by atomic mass is 9.95. The maximum Gasteiger partial charge on any atom is 0.0344 e. The monoisotopic (exact) mass is 205 g/mol. The molecule has 0 N–H and O–H groups in total. The van der Waals surface area contributed by atoms with Gasteiger partial charge in [0.05, 0.1) is 0 Å². The normalized spacial score (nSPS) is 13.1. The van der Waals surface area contributed by atoms with E-state index in [1.807, 2.05) is 0 Å². The van der Waals surface area contributed by atoms with Crippen molar-refractivity contribution in [3.05, 3.63) is 35.4 Å². The highest BCUT2D eigenvalue weighted by Crippen LogP contribution is 2.26. The minimum absolute atomic E-state index is 0.575. The van der Waals surface area contributed by atoms with Crippen LogP contribution >= 0.6 is 0 Å². The zero-order valence-electron chi connectivity index (χ0n) is 10.5. The molecule has 0 fully saturated rings. The van der Waals surface area contributed by atoms with Crippen LogP contribution in [-0.2, 0) is 6.42 Å². The van der Waals surface area contributed by atoms with Crippen LogP contribution in [0.5, 0.6) is 0 Å². The molecule has 0 aliphatic rings. The molecule has 1 rings (SSSR count). The Bertz CT molecular complexity index is 291. The van der Waals surface area contributed by atoms with E-state index in [0.717, 1.165) is 6.42 Å². The molecule has 1 heteroatoms. The topological polar surface area (TPSA) is 3.24 Å². The molecule has 15 heavy (non-hydrogen) atoms. The fourth-order valence-corrected chi connectivity index (χ4v) is 2.15. The average Bonchev–Trinajstić information content (AvgIpc) is 2.25. The Balaban J connectivity index is 2.98. The van der Waals surface area contributed by atoms with Crippen LogP contribution in [0.15, 0.2) is 24.3 Å². The van der Waals surface area contributed by atoms with Gasteiger partial charge < -0.3 is 4.90 Å². The molecule has 0 aliphatic heterocycles. The van der Waals surface area contributed by atoms with Crippen LogP contribution in [0.4, 0.5) is 0 Å². The van der Waals surface area contributed by atoms with Crippen molar-refractivity contribution in [1.29, 1.82) is 0 Å². The van der Waals surface area contributed by atoms with Gasteiger partial charge in [0.1, 0.15) is 0 Å². The molecule has 0 spiro atoms. The zero-order valence-corrected chi connectivity index (χ0v) is 10.5. The number of hydrogen-bond donors (Lipinski definition) is 0. The molecular formula is C14H23N. The first-order chi connectivity index (χ1) is 7.20. The van der Waals surface area contributed by atoms with Crippen LogP contribution in [-0.4, -0.2) is 19.0 Å². The lowest BCUT2D eigenvalue weighted by Gasteiger charge is -2.26. The van der Waals surface area contributed by atoms with Crippen LogP contribution in [0.1, 0.15) is 43.9 Å². The second-order valence-corrected chi connectivity index (χ2v) is 4.32. The van der Waals surface area contributed by atoms with Crippen LogP contribution in [0.3, 0.4) is 0 Å². The van der Waals surface area contributed by atoms with E-state index in [9.17, 15) is 0 Å². The lowest BCUT2D eigenvalue weighted by molar-refractivity contribution is 0.281. The molecule has 0 heterocycles. The Morgan fingerprint density at radius 2 is 1.80 bits per heavy atom. The molecular weight excluding hydrogens is 182 g/mol. The summed E-state index contributed by atoms with van der Waals surface area (Å²) < 4.78 is 0. The molecule has 1 nitrogen and oxygen atoms in total. The molecule has 0 saturated heterocycles. The minimum Gasteiger partial charge on any atom is -0.302 e. The number of aryl methyl sites for hydroxylation is 1. The zero-order chi connectivity index (χ0) is 11.3. The Morgan fingerprint density at radius 1 is 1.13 bits per heavy atom. The quantitative estimate of drug-likeness (QED) is 0.709. The van der Waals surface area contributed by atoms with Gasteiger partial charge >= 0.3 is 0 Å². The molecule has 0 saturated carbocycles. The first-order valence-corrected chi connectivity index (χ1v) is 5.94. The fourth-order valence-electron chi connectivity index (χ4n) is 2.15. The molecule has 1 aromatic carbocycles. The van der Waals surface area contributed by atoms with Crippen LogP contribution in [0.2, 0.25) is 0 Å². The van der Waals surface area contributed by atoms with Gasteiger partial charge in [0, 0.05) is 6.04 Å². The summed E-state index contributed by atoms with van der Waals surface area (Å²) in [5.41, 5.74) is 3.00. The minimum atomic E-state index is 0.575. The summed E-state index contributed by atoms with van der Waals surface area (Å²) in [4.78, 5) is 2.33. The SMILES string of the molecule is CCCC(c1ccccc1CC)N(C)C. The Hall–Kier alpha value is -0.820. The third kappa shape index (κ3) is 3.07.